The molecule has 0 fully saturated rings. The fourth-order valence-electron chi connectivity index (χ4n) is 1.08. The van der Waals surface area contributed by atoms with Crippen molar-refractivity contribution in [1.82, 2.24) is 4.90 Å². The second-order valence-electron chi connectivity index (χ2n) is 2.94. The zero-order valence-corrected chi connectivity index (χ0v) is 9.19. The van der Waals surface area contributed by atoms with Gasteiger partial charge in [-0.15, -0.1) is 0 Å². The predicted octanol–water partition coefficient (Wildman–Crippen LogP) is 1.31. The van der Waals surface area contributed by atoms with Crippen LogP contribution in [0.3, 0.4) is 0 Å². The third-order valence-electron chi connectivity index (χ3n) is 1.83. The van der Waals surface area contributed by atoms with Crippen molar-refractivity contribution in [3.05, 3.63) is 0 Å². The highest BCUT2D eigenvalue weighted by molar-refractivity contribution is 7.80. The minimum absolute atomic E-state index is 0.196. The zero-order chi connectivity index (χ0) is 10.3. The number of hydrogen-bond acceptors (Lipinski definition) is 2. The topological polar surface area (TPSA) is 46.3 Å². The lowest BCUT2D eigenvalue weighted by molar-refractivity contribution is -0.130. The Bertz CT molecular complexity index is 182. The number of hydrogen-bond donors (Lipinski definition) is 1. The molecule has 2 N–H and O–H groups in total. The molecule has 0 unspecified atom stereocenters. The smallest absolute Gasteiger partial charge is 0.222 e. The van der Waals surface area contributed by atoms with Gasteiger partial charge in [-0.25, -0.2) is 0 Å². The third kappa shape index (κ3) is 5.58. The predicted molar refractivity (Wildman–Crippen MR) is 58.6 cm³/mol. The molecule has 0 heterocycles. The Labute approximate surface area is 85.3 Å². The van der Waals surface area contributed by atoms with Gasteiger partial charge in [0, 0.05) is 25.9 Å². The van der Waals surface area contributed by atoms with Crippen LogP contribution in [0.4, 0.5) is 0 Å². The summed E-state index contributed by atoms with van der Waals surface area (Å²) < 4.78 is 0. The average molecular weight is 202 g/mol. The Morgan fingerprint density at radius 3 is 2.38 bits per heavy atom. The number of rotatable bonds is 6. The highest BCUT2D eigenvalue weighted by Crippen LogP contribution is 1.98. The molecule has 0 spiro atoms. The summed E-state index contributed by atoms with van der Waals surface area (Å²) in [6, 6.07) is 0. The molecule has 0 radical (unpaired) electrons. The molecule has 0 rings (SSSR count). The largest absolute Gasteiger partial charge is 0.393 e. The summed E-state index contributed by atoms with van der Waals surface area (Å²) in [6.45, 7) is 5.36. The number of carbonyl (C=O) groups is 1. The van der Waals surface area contributed by atoms with Crippen molar-refractivity contribution in [2.45, 2.75) is 33.1 Å². The molecule has 0 bridgehead atoms. The summed E-state index contributed by atoms with van der Waals surface area (Å²) in [4.78, 5) is 13.7. The molecule has 1 amide bonds. The summed E-state index contributed by atoms with van der Waals surface area (Å²) in [5.41, 5.74) is 5.36. The van der Waals surface area contributed by atoms with Crippen LogP contribution in [0.25, 0.3) is 0 Å². The van der Waals surface area contributed by atoms with E-state index in [0.29, 0.717) is 24.4 Å². The number of nitrogens with zero attached hydrogens (tertiary/aromatic N) is 1. The highest BCUT2D eigenvalue weighted by Gasteiger charge is 2.09. The molecule has 0 aliphatic heterocycles. The van der Waals surface area contributed by atoms with Gasteiger partial charge in [0.05, 0.1) is 4.99 Å². The van der Waals surface area contributed by atoms with E-state index in [2.05, 4.69) is 0 Å². The Balaban J connectivity index is 3.87. The zero-order valence-electron chi connectivity index (χ0n) is 8.38. The first-order valence-electron chi connectivity index (χ1n) is 4.67. The van der Waals surface area contributed by atoms with Crippen molar-refractivity contribution in [1.29, 1.82) is 0 Å². The molecule has 0 atom stereocenters. The van der Waals surface area contributed by atoms with Gasteiger partial charge in [0.25, 0.3) is 0 Å². The lowest BCUT2D eigenvalue weighted by Gasteiger charge is -2.20. The van der Waals surface area contributed by atoms with Crippen LogP contribution in [-0.4, -0.2) is 28.9 Å². The molecule has 76 valence electrons. The molecular weight excluding hydrogens is 184 g/mol. The summed E-state index contributed by atoms with van der Waals surface area (Å²) in [7, 11) is 0. The van der Waals surface area contributed by atoms with Crippen molar-refractivity contribution < 1.29 is 4.79 Å². The van der Waals surface area contributed by atoms with E-state index in [-0.39, 0.29) is 5.91 Å². The molecule has 4 heteroatoms. The number of thiocarbonyl (C=S) groups is 1. The lowest BCUT2D eigenvalue weighted by Crippen LogP contribution is -2.33. The second kappa shape index (κ2) is 6.83. The van der Waals surface area contributed by atoms with Gasteiger partial charge in [-0.1, -0.05) is 19.1 Å². The van der Waals surface area contributed by atoms with Crippen LogP contribution in [0, 0.1) is 0 Å². The van der Waals surface area contributed by atoms with Crippen molar-refractivity contribution in [3.63, 3.8) is 0 Å². The first-order chi connectivity index (χ1) is 6.11. The van der Waals surface area contributed by atoms with Gasteiger partial charge in [-0.05, 0) is 13.3 Å². The maximum atomic E-state index is 11.4. The van der Waals surface area contributed by atoms with E-state index >= 15 is 0 Å². The molecule has 13 heavy (non-hydrogen) atoms. The Hall–Kier alpha value is -0.640. The summed E-state index contributed by atoms with van der Waals surface area (Å²) in [6.07, 6.45) is 2.13. The number of carbonyl (C=O) groups excluding carboxylic acids is 1. The Morgan fingerprint density at radius 1 is 1.38 bits per heavy atom. The number of amides is 1. The monoisotopic (exact) mass is 202 g/mol. The van der Waals surface area contributed by atoms with Crippen LogP contribution in [0.5, 0.6) is 0 Å². The molecule has 0 aromatic heterocycles. The van der Waals surface area contributed by atoms with Crippen LogP contribution in [0.2, 0.25) is 0 Å². The first-order valence-corrected chi connectivity index (χ1v) is 5.08. The minimum atomic E-state index is 0.196. The molecule has 0 aromatic carbocycles. The molecule has 0 aliphatic rings. The van der Waals surface area contributed by atoms with E-state index in [1.54, 1.807) is 4.90 Å². The Kier molecular flexibility index (Phi) is 6.49. The summed E-state index contributed by atoms with van der Waals surface area (Å²) in [5, 5.41) is 0. The quantitative estimate of drug-likeness (QED) is 0.661. The van der Waals surface area contributed by atoms with E-state index in [9.17, 15) is 4.79 Å². The SMILES string of the molecule is CCCC(=O)N(CC)CCC(N)=S. The average Bonchev–Trinajstić information content (AvgIpc) is 2.05. The van der Waals surface area contributed by atoms with Crippen molar-refractivity contribution in [3.8, 4) is 0 Å². The summed E-state index contributed by atoms with van der Waals surface area (Å²) in [5.74, 6) is 0.196. The maximum absolute atomic E-state index is 11.4. The lowest BCUT2D eigenvalue weighted by atomic mass is 10.3. The molecule has 0 saturated carbocycles. The van der Waals surface area contributed by atoms with Gasteiger partial charge in [-0.3, -0.25) is 4.79 Å². The molecule has 3 nitrogen and oxygen atoms in total. The fourth-order valence-corrected chi connectivity index (χ4v) is 1.17. The van der Waals surface area contributed by atoms with E-state index in [4.69, 9.17) is 18.0 Å². The van der Waals surface area contributed by atoms with Gasteiger partial charge in [-0.2, -0.15) is 0 Å². The second-order valence-corrected chi connectivity index (χ2v) is 3.46. The third-order valence-corrected chi connectivity index (χ3v) is 2.03. The minimum Gasteiger partial charge on any atom is -0.393 e. The molecule has 0 saturated heterocycles. The van der Waals surface area contributed by atoms with Crippen LogP contribution >= 0.6 is 12.2 Å². The first kappa shape index (κ1) is 12.4. The van der Waals surface area contributed by atoms with Crippen LogP contribution < -0.4 is 5.73 Å². The highest BCUT2D eigenvalue weighted by atomic mass is 32.1. The maximum Gasteiger partial charge on any atom is 0.222 e. The van der Waals surface area contributed by atoms with Gasteiger partial charge in [0.1, 0.15) is 0 Å². The molecule has 0 aromatic rings. The van der Waals surface area contributed by atoms with Gasteiger partial charge >= 0.3 is 0 Å². The van der Waals surface area contributed by atoms with Crippen LogP contribution in [0.15, 0.2) is 0 Å². The standard InChI is InChI=1S/C9H18N2OS/c1-3-5-9(12)11(4-2)7-6-8(10)13/h3-7H2,1-2H3,(H2,10,13). The van der Waals surface area contributed by atoms with E-state index in [0.717, 1.165) is 13.0 Å². The van der Waals surface area contributed by atoms with Crippen molar-refractivity contribution in [2.75, 3.05) is 13.1 Å². The summed E-state index contributed by atoms with van der Waals surface area (Å²) >= 11 is 4.75. The van der Waals surface area contributed by atoms with E-state index < -0.39 is 0 Å². The van der Waals surface area contributed by atoms with Gasteiger partial charge in [0.15, 0.2) is 0 Å². The number of nitrogens with two attached hydrogens (primary N) is 1. The normalized spacial score (nSPS) is 9.69. The van der Waals surface area contributed by atoms with E-state index in [1.165, 1.54) is 0 Å². The Morgan fingerprint density at radius 2 is 2.00 bits per heavy atom. The van der Waals surface area contributed by atoms with Crippen molar-refractivity contribution >= 4 is 23.1 Å². The van der Waals surface area contributed by atoms with Gasteiger partial charge in [0.2, 0.25) is 5.91 Å². The fraction of sp³-hybridized carbons (Fsp3) is 0.778. The molecule has 0 aliphatic carbocycles. The van der Waals surface area contributed by atoms with Crippen molar-refractivity contribution in [2.24, 2.45) is 5.73 Å². The van der Waals surface area contributed by atoms with Crippen LogP contribution in [-0.2, 0) is 4.79 Å². The van der Waals surface area contributed by atoms with Gasteiger partial charge < -0.3 is 10.6 Å². The van der Waals surface area contributed by atoms with E-state index in [1.807, 2.05) is 13.8 Å². The molecular formula is C9H18N2OS. The van der Waals surface area contributed by atoms with Crippen LogP contribution in [0.1, 0.15) is 33.1 Å².